The summed E-state index contributed by atoms with van der Waals surface area (Å²) in [7, 11) is 0. The summed E-state index contributed by atoms with van der Waals surface area (Å²) in [5.74, 6) is -1.36. The molecule has 1 saturated heterocycles. The maximum Gasteiger partial charge on any atom is 0.255 e. The second-order valence-corrected chi connectivity index (χ2v) is 9.49. The minimum Gasteiger partial charge on any atom is -0.379 e. The Labute approximate surface area is 245 Å². The largest absolute Gasteiger partial charge is 0.379 e. The molecule has 3 rings (SSSR count). The zero-order valence-corrected chi connectivity index (χ0v) is 23.9. The minimum atomic E-state index is -0.712. The number of nitrogens with zero attached hydrogens (tertiary/aromatic N) is 1. The number of nitrogens with two attached hydrogens (primary N) is 1. The third kappa shape index (κ3) is 11.4. The van der Waals surface area contributed by atoms with Crippen molar-refractivity contribution in [1.82, 2.24) is 10.2 Å². The number of amides is 4. The van der Waals surface area contributed by atoms with Crippen molar-refractivity contribution in [2.75, 3.05) is 91.1 Å². The van der Waals surface area contributed by atoms with Crippen LogP contribution in [-0.2, 0) is 49.3 Å². The van der Waals surface area contributed by atoms with Crippen LogP contribution in [-0.4, -0.2) is 120 Å². The van der Waals surface area contributed by atoms with Crippen molar-refractivity contribution in [3.05, 3.63) is 29.3 Å². The number of benzene rings is 1. The Kier molecular flexibility index (Phi) is 15.4. The van der Waals surface area contributed by atoms with Crippen LogP contribution in [0.25, 0.3) is 0 Å². The molecule has 234 valence electrons. The molecule has 2 heterocycles. The van der Waals surface area contributed by atoms with E-state index >= 15 is 0 Å². The average Bonchev–Trinajstić information content (AvgIpc) is 3.31. The first-order valence-electron chi connectivity index (χ1n) is 14.2. The number of ether oxygens (including phenoxy) is 6. The number of anilines is 1. The summed E-state index contributed by atoms with van der Waals surface area (Å²) in [6.07, 6.45) is 0.587. The Hall–Kier alpha value is -2.98. The predicted molar refractivity (Wildman–Crippen MR) is 150 cm³/mol. The Morgan fingerprint density at radius 3 is 1.93 bits per heavy atom. The lowest BCUT2D eigenvalue weighted by molar-refractivity contribution is -0.137. The molecule has 0 radical (unpaired) electrons. The highest BCUT2D eigenvalue weighted by Gasteiger charge is 2.39. The number of imide groups is 1. The maximum absolute atomic E-state index is 12.9. The van der Waals surface area contributed by atoms with Crippen LogP contribution < -0.4 is 16.4 Å². The molecule has 1 aromatic rings. The molecule has 1 unspecified atom stereocenters. The van der Waals surface area contributed by atoms with Gasteiger partial charge in [-0.3, -0.25) is 24.5 Å². The first kappa shape index (κ1) is 33.5. The molecule has 1 aromatic carbocycles. The van der Waals surface area contributed by atoms with Gasteiger partial charge in [-0.2, -0.15) is 0 Å². The Balaban J connectivity index is 1.18. The van der Waals surface area contributed by atoms with E-state index in [-0.39, 0.29) is 50.1 Å². The summed E-state index contributed by atoms with van der Waals surface area (Å²) < 4.78 is 32.3. The summed E-state index contributed by atoms with van der Waals surface area (Å²) in [4.78, 5) is 50.6. The second-order valence-electron chi connectivity index (χ2n) is 9.49. The number of piperidine rings is 1. The molecule has 2 aliphatic heterocycles. The normalized spacial score (nSPS) is 16.5. The quantitative estimate of drug-likeness (QED) is 0.120. The number of nitrogens with one attached hydrogen (secondary N) is 2. The van der Waals surface area contributed by atoms with E-state index in [0.717, 1.165) is 0 Å². The van der Waals surface area contributed by atoms with Crippen LogP contribution in [0.1, 0.15) is 35.2 Å². The molecular weight excluding hydrogens is 552 g/mol. The number of hydrogen-bond donors (Lipinski definition) is 3. The van der Waals surface area contributed by atoms with E-state index in [1.807, 2.05) is 0 Å². The molecule has 0 bridgehead atoms. The van der Waals surface area contributed by atoms with Crippen molar-refractivity contribution in [2.45, 2.75) is 31.8 Å². The topological polar surface area (TPSA) is 177 Å². The van der Waals surface area contributed by atoms with Gasteiger partial charge in [0.15, 0.2) is 0 Å². The van der Waals surface area contributed by atoms with Gasteiger partial charge in [0.05, 0.1) is 85.7 Å². The van der Waals surface area contributed by atoms with E-state index in [4.69, 9.17) is 34.2 Å². The first-order valence-corrected chi connectivity index (χ1v) is 14.2. The molecule has 4 N–H and O–H groups in total. The van der Waals surface area contributed by atoms with Crippen LogP contribution in [0.3, 0.4) is 0 Å². The highest BCUT2D eigenvalue weighted by Crippen LogP contribution is 2.32. The molecule has 14 heteroatoms. The van der Waals surface area contributed by atoms with Crippen molar-refractivity contribution in [1.29, 1.82) is 0 Å². The van der Waals surface area contributed by atoms with Crippen molar-refractivity contribution in [3.63, 3.8) is 0 Å². The highest BCUT2D eigenvalue weighted by atomic mass is 16.6. The van der Waals surface area contributed by atoms with Gasteiger partial charge >= 0.3 is 0 Å². The first-order chi connectivity index (χ1) is 20.5. The highest BCUT2D eigenvalue weighted by molar-refractivity contribution is 6.06. The number of carbonyl (C=O) groups is 4. The van der Waals surface area contributed by atoms with Gasteiger partial charge in [-0.15, -0.1) is 0 Å². The number of fused-ring (bicyclic) bond motifs is 1. The second kappa shape index (κ2) is 19.3. The van der Waals surface area contributed by atoms with E-state index in [0.29, 0.717) is 96.0 Å². The van der Waals surface area contributed by atoms with Gasteiger partial charge < -0.3 is 44.4 Å². The van der Waals surface area contributed by atoms with Crippen LogP contribution in [0.2, 0.25) is 0 Å². The minimum absolute atomic E-state index is 0.130. The van der Waals surface area contributed by atoms with Crippen molar-refractivity contribution in [3.8, 4) is 0 Å². The van der Waals surface area contributed by atoms with Gasteiger partial charge in [-0.25, -0.2) is 0 Å². The zero-order chi connectivity index (χ0) is 30.0. The smallest absolute Gasteiger partial charge is 0.255 e. The van der Waals surface area contributed by atoms with E-state index in [2.05, 4.69) is 10.6 Å². The molecule has 0 aromatic heterocycles. The van der Waals surface area contributed by atoms with Gasteiger partial charge in [0.1, 0.15) is 6.04 Å². The zero-order valence-electron chi connectivity index (χ0n) is 23.9. The van der Waals surface area contributed by atoms with E-state index in [1.165, 1.54) is 4.90 Å². The monoisotopic (exact) mass is 594 g/mol. The summed E-state index contributed by atoms with van der Waals surface area (Å²) in [6, 6.07) is 4.36. The molecule has 0 aliphatic carbocycles. The average molecular weight is 595 g/mol. The number of rotatable bonds is 22. The van der Waals surface area contributed by atoms with E-state index < -0.39 is 11.9 Å². The molecule has 42 heavy (non-hydrogen) atoms. The fourth-order valence-electron chi connectivity index (χ4n) is 4.37. The third-order valence-electron chi connectivity index (χ3n) is 6.45. The van der Waals surface area contributed by atoms with Crippen LogP contribution in [0.4, 0.5) is 5.69 Å². The summed E-state index contributed by atoms with van der Waals surface area (Å²) in [5.41, 5.74) is 6.93. The summed E-state index contributed by atoms with van der Waals surface area (Å²) >= 11 is 0. The Morgan fingerprint density at radius 2 is 1.38 bits per heavy atom. The molecule has 1 atom stereocenters. The van der Waals surface area contributed by atoms with Crippen LogP contribution in [0.15, 0.2) is 18.2 Å². The molecule has 14 nitrogen and oxygen atoms in total. The van der Waals surface area contributed by atoms with Gasteiger partial charge in [-0.1, -0.05) is 6.07 Å². The molecule has 0 spiro atoms. The van der Waals surface area contributed by atoms with Crippen molar-refractivity contribution in [2.24, 2.45) is 5.73 Å². The molecule has 0 saturated carbocycles. The summed E-state index contributed by atoms with van der Waals surface area (Å²) in [6.45, 7) is 5.96. The number of carbonyl (C=O) groups excluding carboxylic acids is 4. The van der Waals surface area contributed by atoms with Gasteiger partial charge in [0, 0.05) is 36.3 Å². The fraction of sp³-hybridized carbons (Fsp3) is 0.643. The molecular formula is C28H42N4O10. The van der Waals surface area contributed by atoms with Gasteiger partial charge in [-0.05, 0) is 18.6 Å². The molecule has 4 amide bonds. The maximum atomic E-state index is 12.9. The predicted octanol–water partition coefficient (Wildman–Crippen LogP) is -0.165. The number of hydrogen-bond acceptors (Lipinski definition) is 11. The van der Waals surface area contributed by atoms with Gasteiger partial charge in [0.25, 0.3) is 5.91 Å². The van der Waals surface area contributed by atoms with E-state index in [1.54, 1.807) is 18.2 Å². The Bertz CT molecular complexity index is 1020. The van der Waals surface area contributed by atoms with Crippen LogP contribution in [0, 0.1) is 0 Å². The SMILES string of the molecule is NCCOCCOCCOCCOCCOCCOCCC(=O)Nc1cccc2c1CN(C1CCC(=O)NC1=O)C2=O. The fourth-order valence-corrected chi connectivity index (χ4v) is 4.37. The summed E-state index contributed by atoms with van der Waals surface area (Å²) in [5, 5.41) is 5.12. The van der Waals surface area contributed by atoms with Crippen LogP contribution >= 0.6 is 0 Å². The molecule has 2 aliphatic rings. The Morgan fingerprint density at radius 1 is 0.833 bits per heavy atom. The lowest BCUT2D eigenvalue weighted by Crippen LogP contribution is -2.52. The van der Waals surface area contributed by atoms with E-state index in [9.17, 15) is 19.2 Å². The van der Waals surface area contributed by atoms with Crippen molar-refractivity contribution >= 4 is 29.3 Å². The van der Waals surface area contributed by atoms with Gasteiger partial charge in [0.2, 0.25) is 17.7 Å². The lowest BCUT2D eigenvalue weighted by Gasteiger charge is -2.29. The standard InChI is InChI=1S/C28H42N4O10/c29-7-9-38-11-13-40-15-17-42-19-18-41-16-14-39-12-10-37-8-6-26(34)30-23-3-1-2-21-22(23)20-32(28(21)36)24-4-5-25(33)31-27(24)35/h1-3,24H,4-20,29H2,(H,30,34)(H,31,33,35). The van der Waals surface area contributed by atoms with Crippen molar-refractivity contribution < 1.29 is 47.6 Å². The van der Waals surface area contributed by atoms with Crippen LogP contribution in [0.5, 0.6) is 0 Å². The third-order valence-corrected chi connectivity index (χ3v) is 6.45. The molecule has 1 fully saturated rings. The lowest BCUT2D eigenvalue weighted by atomic mass is 10.0.